The maximum absolute atomic E-state index is 13.8. The number of carbonyl (C=O) groups is 2. The van der Waals surface area contributed by atoms with Crippen LogP contribution in [0.2, 0.25) is 0 Å². The molecule has 0 bridgehead atoms. The summed E-state index contributed by atoms with van der Waals surface area (Å²) in [4.78, 5) is 28.0. The second kappa shape index (κ2) is 10.4. The van der Waals surface area contributed by atoms with Crippen LogP contribution in [0.1, 0.15) is 57.0 Å². The molecule has 0 spiro atoms. The van der Waals surface area contributed by atoms with Crippen LogP contribution in [0.4, 0.5) is 14.5 Å². The molecule has 3 aromatic rings. The molecule has 1 aromatic heterocycles. The molecule has 0 radical (unpaired) electrons. The van der Waals surface area contributed by atoms with Gasteiger partial charge in [0.15, 0.2) is 0 Å². The number of benzene rings is 2. The van der Waals surface area contributed by atoms with Crippen molar-refractivity contribution in [3.8, 4) is 0 Å². The Balaban J connectivity index is 1.57. The summed E-state index contributed by atoms with van der Waals surface area (Å²) in [5.74, 6) is -2.35. The lowest BCUT2D eigenvalue weighted by Gasteiger charge is -2.36. The zero-order valence-electron chi connectivity index (χ0n) is 18.6. The van der Waals surface area contributed by atoms with Gasteiger partial charge in [-0.3, -0.25) is 9.59 Å². The van der Waals surface area contributed by atoms with Crippen LogP contribution in [0, 0.1) is 18.6 Å². The van der Waals surface area contributed by atoms with Crippen molar-refractivity contribution in [3.63, 3.8) is 0 Å². The number of nitrogens with two attached hydrogens (primary N) is 1. The quantitative estimate of drug-likeness (QED) is 0.543. The zero-order valence-corrected chi connectivity index (χ0v) is 19.4. The lowest BCUT2D eigenvalue weighted by molar-refractivity contribution is 0.0605. The van der Waals surface area contributed by atoms with Crippen molar-refractivity contribution < 1.29 is 18.4 Å². The van der Waals surface area contributed by atoms with Gasteiger partial charge in [-0.2, -0.15) is 0 Å². The van der Waals surface area contributed by atoms with Gasteiger partial charge < -0.3 is 16.0 Å². The summed E-state index contributed by atoms with van der Waals surface area (Å²) in [7, 11) is 0. The average Bonchev–Trinajstić information content (AvgIpc) is 3.23. The van der Waals surface area contributed by atoms with Crippen molar-refractivity contribution in [1.29, 1.82) is 0 Å². The Bertz CT molecular complexity index is 1170. The predicted octanol–water partition coefficient (Wildman–Crippen LogP) is 4.29. The van der Waals surface area contributed by atoms with Gasteiger partial charge >= 0.3 is 0 Å². The van der Waals surface area contributed by atoms with Gasteiger partial charge in [0, 0.05) is 35.9 Å². The van der Waals surface area contributed by atoms with E-state index in [1.54, 1.807) is 30.0 Å². The van der Waals surface area contributed by atoms with Crippen molar-refractivity contribution in [1.82, 2.24) is 14.5 Å². The van der Waals surface area contributed by atoms with Gasteiger partial charge in [-0.25, -0.2) is 8.78 Å². The number of nitrogens with zero attached hydrogens (tertiary/aromatic N) is 3. The molecule has 178 valence electrons. The summed E-state index contributed by atoms with van der Waals surface area (Å²) in [6, 6.07) is 9.98. The number of carbonyl (C=O) groups excluding carboxylic acids is 2. The van der Waals surface area contributed by atoms with Gasteiger partial charge in [0.1, 0.15) is 16.5 Å². The minimum Gasteiger partial charge on any atom is -0.331 e. The number of amides is 2. The van der Waals surface area contributed by atoms with Crippen LogP contribution in [0.25, 0.3) is 0 Å². The third-order valence-corrected chi connectivity index (χ3v) is 6.77. The monoisotopic (exact) mass is 485 g/mol. The fourth-order valence-electron chi connectivity index (χ4n) is 4.19. The molecule has 1 saturated carbocycles. The van der Waals surface area contributed by atoms with Crippen LogP contribution in [-0.2, 0) is 6.54 Å². The number of hydrogen-bond donors (Lipinski definition) is 2. The highest BCUT2D eigenvalue weighted by Crippen LogP contribution is 2.27. The molecule has 3 N–H and O–H groups in total. The second-order valence-electron chi connectivity index (χ2n) is 8.50. The topological polar surface area (TPSA) is 101 Å². The number of aromatic nitrogens is 2. The van der Waals surface area contributed by atoms with E-state index >= 15 is 0 Å². The van der Waals surface area contributed by atoms with Crippen LogP contribution >= 0.6 is 11.5 Å². The Morgan fingerprint density at radius 1 is 1.12 bits per heavy atom. The predicted molar refractivity (Wildman–Crippen MR) is 126 cm³/mol. The molecular weight excluding hydrogens is 460 g/mol. The third-order valence-electron chi connectivity index (χ3n) is 5.95. The van der Waals surface area contributed by atoms with E-state index in [0.29, 0.717) is 29.1 Å². The Hall–Kier alpha value is -3.24. The summed E-state index contributed by atoms with van der Waals surface area (Å²) >= 11 is 1.02. The van der Waals surface area contributed by atoms with Gasteiger partial charge in [-0.05, 0) is 74.0 Å². The van der Waals surface area contributed by atoms with E-state index in [4.69, 9.17) is 5.73 Å². The van der Waals surface area contributed by atoms with Crippen LogP contribution in [0.3, 0.4) is 0 Å². The molecule has 1 fully saturated rings. The first-order valence-electron chi connectivity index (χ1n) is 11.0. The van der Waals surface area contributed by atoms with E-state index in [-0.39, 0.29) is 30.1 Å². The van der Waals surface area contributed by atoms with E-state index in [2.05, 4.69) is 14.9 Å². The minimum absolute atomic E-state index is 0.0370. The molecule has 0 unspecified atom stereocenters. The van der Waals surface area contributed by atoms with Crippen LogP contribution in [0.15, 0.2) is 42.5 Å². The summed E-state index contributed by atoms with van der Waals surface area (Å²) < 4.78 is 31.4. The number of rotatable bonds is 6. The van der Waals surface area contributed by atoms with Crippen LogP contribution < -0.4 is 11.1 Å². The lowest BCUT2D eigenvalue weighted by atomic mass is 9.90. The smallest absolute Gasteiger partial charge is 0.269 e. The molecule has 1 heterocycles. The van der Waals surface area contributed by atoms with E-state index in [0.717, 1.165) is 48.1 Å². The molecule has 0 saturated heterocycles. The number of aryl methyl sites for hydroxylation is 1. The molecule has 0 aliphatic heterocycles. The summed E-state index contributed by atoms with van der Waals surface area (Å²) in [6.07, 6.45) is 2.95. The number of halogens is 2. The van der Waals surface area contributed by atoms with Crippen LogP contribution in [-0.4, -0.2) is 38.4 Å². The first kappa shape index (κ1) is 23.9. The highest BCUT2D eigenvalue weighted by molar-refractivity contribution is 7.08. The second-order valence-corrected chi connectivity index (χ2v) is 9.26. The van der Waals surface area contributed by atoms with Crippen molar-refractivity contribution in [3.05, 3.63) is 75.8 Å². The fourth-order valence-corrected chi connectivity index (χ4v) is 4.75. The average molecular weight is 486 g/mol. The number of hydrogen-bond acceptors (Lipinski definition) is 6. The first-order valence-corrected chi connectivity index (χ1v) is 11.8. The Morgan fingerprint density at radius 3 is 2.47 bits per heavy atom. The van der Waals surface area contributed by atoms with E-state index in [1.165, 1.54) is 0 Å². The molecular formula is C24H25F2N5O2S. The third kappa shape index (κ3) is 5.63. The lowest BCUT2D eigenvalue weighted by Crippen LogP contribution is -2.44. The van der Waals surface area contributed by atoms with Crippen molar-refractivity contribution >= 4 is 29.0 Å². The van der Waals surface area contributed by atoms with Gasteiger partial charge in [-0.1, -0.05) is 16.6 Å². The van der Waals surface area contributed by atoms with E-state index < -0.39 is 17.5 Å². The highest BCUT2D eigenvalue weighted by atomic mass is 32.1. The molecule has 2 amide bonds. The largest absolute Gasteiger partial charge is 0.331 e. The number of nitrogens with one attached hydrogen (secondary N) is 1. The van der Waals surface area contributed by atoms with Crippen molar-refractivity contribution in [2.24, 2.45) is 5.73 Å². The first-order chi connectivity index (χ1) is 16.3. The summed E-state index contributed by atoms with van der Waals surface area (Å²) in [5.41, 5.74) is 7.89. The standard InChI is InChI=1S/C24H25F2N5O2S/c1-14-22(34-30-29-14)23(32)28-20-4-2-3-15(9-20)13-31(21-7-5-19(27)6-8-21)24(33)16-10-17(25)12-18(26)11-16/h2-4,9-12,19,21H,5-8,13,27H2,1H3,(H,28,32). The van der Waals surface area contributed by atoms with E-state index in [1.807, 2.05) is 6.07 Å². The summed E-state index contributed by atoms with van der Waals surface area (Å²) in [6.45, 7) is 1.94. The van der Waals surface area contributed by atoms with Crippen molar-refractivity contribution in [2.75, 3.05) is 5.32 Å². The molecule has 1 aliphatic rings. The minimum atomic E-state index is -0.800. The molecule has 7 nitrogen and oxygen atoms in total. The maximum atomic E-state index is 13.8. The molecule has 1 aliphatic carbocycles. The zero-order chi connectivity index (χ0) is 24.2. The Labute approximate surface area is 200 Å². The Kier molecular flexibility index (Phi) is 7.28. The van der Waals surface area contributed by atoms with Crippen molar-refractivity contribution in [2.45, 2.75) is 51.2 Å². The SMILES string of the molecule is Cc1nnsc1C(=O)Nc1cccc(CN(C(=O)c2cc(F)cc(F)c2)C2CCC(N)CC2)c1. The van der Waals surface area contributed by atoms with Gasteiger partial charge in [0.25, 0.3) is 11.8 Å². The van der Waals surface area contributed by atoms with Gasteiger partial charge in [-0.15, -0.1) is 5.10 Å². The highest BCUT2D eigenvalue weighted by Gasteiger charge is 2.29. The van der Waals surface area contributed by atoms with Crippen LogP contribution in [0.5, 0.6) is 0 Å². The normalized spacial score (nSPS) is 17.9. The Morgan fingerprint density at radius 2 is 1.82 bits per heavy atom. The maximum Gasteiger partial charge on any atom is 0.269 e. The molecule has 0 atom stereocenters. The van der Waals surface area contributed by atoms with E-state index in [9.17, 15) is 18.4 Å². The number of anilines is 1. The molecule has 34 heavy (non-hydrogen) atoms. The summed E-state index contributed by atoms with van der Waals surface area (Å²) in [5, 5.41) is 6.69. The fraction of sp³-hybridized carbons (Fsp3) is 0.333. The molecule has 4 rings (SSSR count). The molecule has 2 aromatic carbocycles. The van der Waals surface area contributed by atoms with Gasteiger partial charge in [0.2, 0.25) is 0 Å². The molecule has 10 heteroatoms. The van der Waals surface area contributed by atoms with Gasteiger partial charge in [0.05, 0.1) is 5.69 Å².